The first-order valence-electron chi connectivity index (χ1n) is 5.51. The Balaban J connectivity index is 2.54. The Kier molecular flexibility index (Phi) is 2.84. The van der Waals surface area contributed by atoms with Gasteiger partial charge in [0.15, 0.2) is 5.78 Å². The van der Waals surface area contributed by atoms with Gasteiger partial charge in [0.2, 0.25) is 0 Å². The average Bonchev–Trinajstić information content (AvgIpc) is 2.13. The van der Waals surface area contributed by atoms with Crippen LogP contribution in [0.5, 0.6) is 0 Å². The standard InChI is InChI=1S/C14H14O3/c1-8-4-9(2)14(10(3)5-8)12-6-11(15)7-13(16)17-12/h4-6H,7H2,1-3H3. The molecule has 1 aromatic carbocycles. The van der Waals surface area contributed by atoms with E-state index in [1.54, 1.807) is 0 Å². The molecule has 0 radical (unpaired) electrons. The van der Waals surface area contributed by atoms with Crippen LogP contribution in [0.1, 0.15) is 28.7 Å². The molecule has 3 nitrogen and oxygen atoms in total. The third-order valence-corrected chi connectivity index (χ3v) is 2.76. The molecule has 0 fully saturated rings. The number of rotatable bonds is 1. The lowest BCUT2D eigenvalue weighted by molar-refractivity contribution is -0.140. The summed E-state index contributed by atoms with van der Waals surface area (Å²) in [4.78, 5) is 22.6. The highest BCUT2D eigenvalue weighted by molar-refractivity contribution is 6.09. The molecule has 0 spiro atoms. The third-order valence-electron chi connectivity index (χ3n) is 2.76. The van der Waals surface area contributed by atoms with Crippen molar-refractivity contribution in [2.24, 2.45) is 0 Å². The molecule has 0 amide bonds. The van der Waals surface area contributed by atoms with Crippen molar-refractivity contribution < 1.29 is 14.3 Å². The van der Waals surface area contributed by atoms with Crippen LogP contribution in [0.3, 0.4) is 0 Å². The number of allylic oxidation sites excluding steroid dienone is 1. The predicted octanol–water partition coefficient (Wildman–Crippen LogP) is 2.47. The Hall–Kier alpha value is -1.90. The summed E-state index contributed by atoms with van der Waals surface area (Å²) in [7, 11) is 0. The van der Waals surface area contributed by atoms with Gasteiger partial charge < -0.3 is 4.74 Å². The fourth-order valence-corrected chi connectivity index (χ4v) is 2.22. The zero-order valence-corrected chi connectivity index (χ0v) is 10.2. The van der Waals surface area contributed by atoms with Crippen molar-refractivity contribution in [3.8, 4) is 0 Å². The molecule has 1 aliphatic rings. The highest BCUT2D eigenvalue weighted by Crippen LogP contribution is 2.27. The monoisotopic (exact) mass is 230 g/mol. The maximum absolute atomic E-state index is 11.4. The lowest BCUT2D eigenvalue weighted by Crippen LogP contribution is -2.16. The minimum absolute atomic E-state index is 0.159. The summed E-state index contributed by atoms with van der Waals surface area (Å²) in [6, 6.07) is 4.02. The van der Waals surface area contributed by atoms with Crippen molar-refractivity contribution in [2.75, 3.05) is 0 Å². The van der Waals surface area contributed by atoms with E-state index in [0.717, 1.165) is 22.3 Å². The number of ketones is 1. The molecule has 0 aliphatic carbocycles. The van der Waals surface area contributed by atoms with Crippen LogP contribution in [0.4, 0.5) is 0 Å². The van der Waals surface area contributed by atoms with E-state index in [9.17, 15) is 9.59 Å². The molecule has 1 heterocycles. The molecule has 88 valence electrons. The number of carbonyl (C=O) groups excluding carboxylic acids is 2. The number of cyclic esters (lactones) is 1. The summed E-state index contributed by atoms with van der Waals surface area (Å²) in [5.41, 5.74) is 4.02. The first-order chi connectivity index (χ1) is 7.97. The molecule has 0 saturated carbocycles. The van der Waals surface area contributed by atoms with Crippen LogP contribution in [0, 0.1) is 20.8 Å². The maximum Gasteiger partial charge on any atom is 0.319 e. The summed E-state index contributed by atoms with van der Waals surface area (Å²) in [6.45, 7) is 5.91. The van der Waals surface area contributed by atoms with Crippen LogP contribution in [0.25, 0.3) is 5.76 Å². The molecule has 0 aromatic heterocycles. The molecule has 0 saturated heterocycles. The van der Waals surface area contributed by atoms with Gasteiger partial charge in [0.05, 0.1) is 0 Å². The number of ether oxygens (including phenoxy) is 1. The van der Waals surface area contributed by atoms with Crippen molar-refractivity contribution in [1.29, 1.82) is 0 Å². The molecule has 3 heteroatoms. The normalized spacial score (nSPS) is 15.6. The fraction of sp³-hybridized carbons (Fsp3) is 0.286. The SMILES string of the molecule is Cc1cc(C)c(C2=CC(=O)CC(=O)O2)c(C)c1. The predicted molar refractivity (Wildman–Crippen MR) is 64.3 cm³/mol. The van der Waals surface area contributed by atoms with Crippen LogP contribution in [-0.4, -0.2) is 11.8 Å². The van der Waals surface area contributed by atoms with Gasteiger partial charge in [-0.3, -0.25) is 9.59 Å². The summed E-state index contributed by atoms with van der Waals surface area (Å²) < 4.78 is 5.15. The Morgan fingerprint density at radius 1 is 1.06 bits per heavy atom. The van der Waals surface area contributed by atoms with Crippen LogP contribution >= 0.6 is 0 Å². The first-order valence-corrected chi connectivity index (χ1v) is 5.51. The molecule has 17 heavy (non-hydrogen) atoms. The molecule has 0 atom stereocenters. The van der Waals surface area contributed by atoms with E-state index >= 15 is 0 Å². The van der Waals surface area contributed by atoms with Crippen LogP contribution in [0.15, 0.2) is 18.2 Å². The van der Waals surface area contributed by atoms with Crippen molar-refractivity contribution in [2.45, 2.75) is 27.2 Å². The van der Waals surface area contributed by atoms with E-state index in [2.05, 4.69) is 0 Å². The third kappa shape index (κ3) is 2.28. The second-order valence-corrected chi connectivity index (χ2v) is 4.40. The van der Waals surface area contributed by atoms with Gasteiger partial charge >= 0.3 is 5.97 Å². The number of hydrogen-bond donors (Lipinski definition) is 0. The molecular weight excluding hydrogens is 216 g/mol. The van der Waals surface area contributed by atoms with E-state index in [1.807, 2.05) is 32.9 Å². The summed E-state index contributed by atoms with van der Waals surface area (Å²) in [5.74, 6) is -0.302. The molecular formula is C14H14O3. The molecule has 0 bridgehead atoms. The minimum atomic E-state index is -0.480. The Bertz CT molecular complexity index is 515. The maximum atomic E-state index is 11.4. The number of carbonyl (C=O) groups is 2. The van der Waals surface area contributed by atoms with Crippen molar-refractivity contribution in [1.82, 2.24) is 0 Å². The van der Waals surface area contributed by atoms with Gasteiger partial charge in [0.25, 0.3) is 0 Å². The molecule has 1 aliphatic heterocycles. The topological polar surface area (TPSA) is 43.4 Å². The summed E-state index contributed by atoms with van der Waals surface area (Å²) in [6.07, 6.45) is 1.25. The Labute approximate surface area is 100 Å². The molecule has 1 aromatic rings. The van der Waals surface area contributed by atoms with E-state index in [0.29, 0.717) is 5.76 Å². The minimum Gasteiger partial charge on any atom is -0.425 e. The van der Waals surface area contributed by atoms with Crippen molar-refractivity contribution in [3.05, 3.63) is 40.5 Å². The molecule has 0 unspecified atom stereocenters. The average molecular weight is 230 g/mol. The Morgan fingerprint density at radius 3 is 2.18 bits per heavy atom. The summed E-state index contributed by atoms with van der Waals surface area (Å²) in [5, 5.41) is 0. The second kappa shape index (κ2) is 4.17. The first kappa shape index (κ1) is 11.6. The van der Waals surface area contributed by atoms with E-state index < -0.39 is 5.97 Å². The zero-order valence-electron chi connectivity index (χ0n) is 10.2. The van der Waals surface area contributed by atoms with Crippen LogP contribution in [0.2, 0.25) is 0 Å². The molecule has 0 N–H and O–H groups in total. The van der Waals surface area contributed by atoms with Gasteiger partial charge in [-0.15, -0.1) is 0 Å². The van der Waals surface area contributed by atoms with Crippen molar-refractivity contribution in [3.63, 3.8) is 0 Å². The Morgan fingerprint density at radius 2 is 1.65 bits per heavy atom. The van der Waals surface area contributed by atoms with Gasteiger partial charge in [-0.2, -0.15) is 0 Å². The van der Waals surface area contributed by atoms with Gasteiger partial charge in [-0.1, -0.05) is 17.7 Å². The number of aryl methyl sites for hydroxylation is 3. The van der Waals surface area contributed by atoms with Crippen molar-refractivity contribution >= 4 is 17.5 Å². The smallest absolute Gasteiger partial charge is 0.319 e. The second-order valence-electron chi connectivity index (χ2n) is 4.40. The largest absolute Gasteiger partial charge is 0.425 e. The summed E-state index contributed by atoms with van der Waals surface area (Å²) >= 11 is 0. The lowest BCUT2D eigenvalue weighted by Gasteiger charge is -2.17. The van der Waals surface area contributed by atoms with E-state index in [1.165, 1.54) is 6.08 Å². The van der Waals surface area contributed by atoms with E-state index in [-0.39, 0.29) is 12.2 Å². The number of esters is 1. The van der Waals surface area contributed by atoms with Gasteiger partial charge in [0, 0.05) is 11.6 Å². The van der Waals surface area contributed by atoms with Gasteiger partial charge in [0.1, 0.15) is 12.2 Å². The van der Waals surface area contributed by atoms with Gasteiger partial charge in [-0.25, -0.2) is 0 Å². The number of hydrogen-bond acceptors (Lipinski definition) is 3. The van der Waals surface area contributed by atoms with Crippen LogP contribution < -0.4 is 0 Å². The van der Waals surface area contributed by atoms with Gasteiger partial charge in [-0.05, 0) is 31.9 Å². The lowest BCUT2D eigenvalue weighted by atomic mass is 9.97. The fourth-order valence-electron chi connectivity index (χ4n) is 2.22. The highest BCUT2D eigenvalue weighted by atomic mass is 16.5. The van der Waals surface area contributed by atoms with Crippen LogP contribution in [-0.2, 0) is 14.3 Å². The molecule has 2 rings (SSSR count). The zero-order chi connectivity index (χ0) is 12.6. The highest BCUT2D eigenvalue weighted by Gasteiger charge is 2.22. The van der Waals surface area contributed by atoms with E-state index in [4.69, 9.17) is 4.74 Å². The quantitative estimate of drug-likeness (QED) is 0.550. The number of benzene rings is 1.